The van der Waals surface area contributed by atoms with Crippen LogP contribution in [0.25, 0.3) is 0 Å². The van der Waals surface area contributed by atoms with Crippen LogP contribution in [0.5, 0.6) is 5.75 Å². The predicted octanol–water partition coefficient (Wildman–Crippen LogP) is 2.09. The van der Waals surface area contributed by atoms with Crippen molar-refractivity contribution in [2.75, 3.05) is 40.3 Å². The molecule has 0 spiro atoms. The highest BCUT2D eigenvalue weighted by atomic mass is 16.5. The Morgan fingerprint density at radius 2 is 2.00 bits per heavy atom. The van der Waals surface area contributed by atoms with E-state index in [1.165, 1.54) is 25.9 Å². The summed E-state index contributed by atoms with van der Waals surface area (Å²) in [6.45, 7) is 6.96. The lowest BCUT2D eigenvalue weighted by atomic mass is 9.97. The van der Waals surface area contributed by atoms with E-state index in [1.54, 1.807) is 7.11 Å². The number of nitrogens with zero attached hydrogens (tertiary/aromatic N) is 2. The van der Waals surface area contributed by atoms with E-state index in [-0.39, 0.29) is 0 Å². The van der Waals surface area contributed by atoms with Crippen LogP contribution in [0.2, 0.25) is 0 Å². The third kappa shape index (κ3) is 5.75. The smallest absolute Gasteiger partial charge is 0.191 e. The summed E-state index contributed by atoms with van der Waals surface area (Å²) in [4.78, 5) is 7.10. The van der Waals surface area contributed by atoms with Crippen molar-refractivity contribution in [3.05, 3.63) is 29.8 Å². The van der Waals surface area contributed by atoms with Gasteiger partial charge in [0.2, 0.25) is 0 Å². The van der Waals surface area contributed by atoms with Gasteiger partial charge in [-0.2, -0.15) is 0 Å². The molecular formula is C18H30N4O. The molecule has 0 radical (unpaired) electrons. The number of piperidine rings is 1. The Labute approximate surface area is 140 Å². The van der Waals surface area contributed by atoms with Crippen molar-refractivity contribution in [1.82, 2.24) is 15.5 Å². The Morgan fingerprint density at radius 1 is 1.26 bits per heavy atom. The minimum Gasteiger partial charge on any atom is -0.496 e. The molecule has 1 aromatic rings. The van der Waals surface area contributed by atoms with Crippen molar-refractivity contribution in [2.45, 2.75) is 26.3 Å². The van der Waals surface area contributed by atoms with Gasteiger partial charge in [0.25, 0.3) is 0 Å². The van der Waals surface area contributed by atoms with E-state index in [2.05, 4.69) is 35.6 Å². The molecule has 0 unspecified atom stereocenters. The number of aliphatic imine (C=N–C) groups is 1. The molecular weight excluding hydrogens is 288 g/mol. The molecule has 0 aliphatic carbocycles. The Morgan fingerprint density at radius 3 is 2.70 bits per heavy atom. The average Bonchev–Trinajstić information content (AvgIpc) is 2.59. The summed E-state index contributed by atoms with van der Waals surface area (Å²) in [6, 6.07) is 8.04. The van der Waals surface area contributed by atoms with E-state index in [4.69, 9.17) is 9.73 Å². The quantitative estimate of drug-likeness (QED) is 0.623. The average molecular weight is 318 g/mol. The summed E-state index contributed by atoms with van der Waals surface area (Å²) in [5.41, 5.74) is 1.10. The molecule has 0 saturated carbocycles. The number of likely N-dealkylation sites (tertiary alicyclic amines) is 1. The van der Waals surface area contributed by atoms with Crippen LogP contribution in [0.1, 0.15) is 25.3 Å². The number of ether oxygens (including phenoxy) is 1. The number of guanidine groups is 1. The summed E-state index contributed by atoms with van der Waals surface area (Å²) < 4.78 is 5.39. The van der Waals surface area contributed by atoms with Crippen LogP contribution in [0, 0.1) is 5.92 Å². The molecule has 2 rings (SSSR count). The van der Waals surface area contributed by atoms with Crippen LogP contribution in [-0.4, -0.2) is 51.2 Å². The molecule has 5 heteroatoms. The fourth-order valence-corrected chi connectivity index (χ4v) is 2.85. The van der Waals surface area contributed by atoms with E-state index in [0.29, 0.717) is 6.54 Å². The second kappa shape index (κ2) is 9.40. The van der Waals surface area contributed by atoms with E-state index < -0.39 is 0 Å². The maximum atomic E-state index is 5.39. The lowest BCUT2D eigenvalue weighted by Gasteiger charge is -2.29. The van der Waals surface area contributed by atoms with Crippen LogP contribution in [0.15, 0.2) is 29.3 Å². The molecule has 23 heavy (non-hydrogen) atoms. The van der Waals surface area contributed by atoms with Gasteiger partial charge in [0.15, 0.2) is 5.96 Å². The topological polar surface area (TPSA) is 48.9 Å². The first-order valence-corrected chi connectivity index (χ1v) is 8.55. The molecule has 0 bridgehead atoms. The molecule has 1 aliphatic heterocycles. The zero-order chi connectivity index (χ0) is 16.5. The van der Waals surface area contributed by atoms with E-state index >= 15 is 0 Å². The van der Waals surface area contributed by atoms with Gasteiger partial charge in [-0.25, -0.2) is 4.99 Å². The summed E-state index contributed by atoms with van der Waals surface area (Å²) in [5, 5.41) is 6.82. The molecule has 1 heterocycles. The first kappa shape index (κ1) is 17.6. The minimum atomic E-state index is 0.618. The van der Waals surface area contributed by atoms with Gasteiger partial charge in [-0.15, -0.1) is 0 Å². The normalized spacial score (nSPS) is 17.1. The van der Waals surface area contributed by atoms with Crippen molar-refractivity contribution in [3.63, 3.8) is 0 Å². The molecule has 1 saturated heterocycles. The number of nitrogens with one attached hydrogen (secondary N) is 2. The van der Waals surface area contributed by atoms with Crippen molar-refractivity contribution in [3.8, 4) is 5.75 Å². The molecule has 1 aromatic carbocycles. The van der Waals surface area contributed by atoms with Crippen molar-refractivity contribution in [2.24, 2.45) is 10.9 Å². The molecule has 0 amide bonds. The Kier molecular flexibility index (Phi) is 7.20. The maximum Gasteiger partial charge on any atom is 0.191 e. The Balaban J connectivity index is 1.89. The lowest BCUT2D eigenvalue weighted by molar-refractivity contribution is 0.220. The fraction of sp³-hybridized carbons (Fsp3) is 0.611. The van der Waals surface area contributed by atoms with Gasteiger partial charge >= 0.3 is 0 Å². The van der Waals surface area contributed by atoms with Crippen LogP contribution < -0.4 is 15.4 Å². The van der Waals surface area contributed by atoms with Gasteiger partial charge in [0, 0.05) is 18.7 Å². The Hall–Kier alpha value is -1.75. The zero-order valence-corrected chi connectivity index (χ0v) is 14.6. The largest absolute Gasteiger partial charge is 0.496 e. The third-order valence-corrected chi connectivity index (χ3v) is 4.34. The van der Waals surface area contributed by atoms with Gasteiger partial charge in [-0.3, -0.25) is 0 Å². The summed E-state index contributed by atoms with van der Waals surface area (Å²) in [5.74, 6) is 2.51. The van der Waals surface area contributed by atoms with Gasteiger partial charge < -0.3 is 20.3 Å². The van der Waals surface area contributed by atoms with E-state index in [0.717, 1.165) is 36.3 Å². The van der Waals surface area contributed by atoms with Gasteiger partial charge in [-0.05, 0) is 51.9 Å². The van der Waals surface area contributed by atoms with E-state index in [9.17, 15) is 0 Å². The number of rotatable bonds is 6. The summed E-state index contributed by atoms with van der Waals surface area (Å²) >= 11 is 0. The van der Waals surface area contributed by atoms with Gasteiger partial charge in [-0.1, -0.05) is 18.2 Å². The van der Waals surface area contributed by atoms with Crippen molar-refractivity contribution < 1.29 is 4.74 Å². The first-order chi connectivity index (χ1) is 11.2. The Bertz CT molecular complexity index is 496. The number of para-hydroxylation sites is 1. The highest BCUT2D eigenvalue weighted by molar-refractivity contribution is 5.79. The van der Waals surface area contributed by atoms with Crippen molar-refractivity contribution in [1.29, 1.82) is 0 Å². The standard InChI is InChI=1S/C18H30N4O/c1-4-19-18(20-13-15-9-11-22(2)12-10-15)21-14-16-7-5-6-8-17(16)23-3/h5-8,15H,4,9-14H2,1-3H3,(H2,19,20,21). The van der Waals surface area contributed by atoms with Crippen LogP contribution >= 0.6 is 0 Å². The minimum absolute atomic E-state index is 0.618. The van der Waals surface area contributed by atoms with E-state index in [1.807, 2.05) is 18.2 Å². The lowest BCUT2D eigenvalue weighted by Crippen LogP contribution is -2.42. The van der Waals surface area contributed by atoms with Gasteiger partial charge in [0.1, 0.15) is 5.75 Å². The highest BCUT2D eigenvalue weighted by Crippen LogP contribution is 2.18. The first-order valence-electron chi connectivity index (χ1n) is 8.55. The molecule has 1 fully saturated rings. The second-order valence-corrected chi connectivity index (χ2v) is 6.13. The SMILES string of the molecule is CCNC(=NCc1ccccc1OC)NCC1CCN(C)CC1. The number of hydrogen-bond acceptors (Lipinski definition) is 3. The molecule has 128 valence electrons. The monoisotopic (exact) mass is 318 g/mol. The summed E-state index contributed by atoms with van der Waals surface area (Å²) in [7, 11) is 3.90. The molecule has 2 N–H and O–H groups in total. The number of benzene rings is 1. The van der Waals surface area contributed by atoms with Crippen LogP contribution in [-0.2, 0) is 6.54 Å². The number of methoxy groups -OCH3 is 1. The fourth-order valence-electron chi connectivity index (χ4n) is 2.85. The second-order valence-electron chi connectivity index (χ2n) is 6.13. The van der Waals surface area contributed by atoms with Gasteiger partial charge in [0.05, 0.1) is 13.7 Å². The third-order valence-electron chi connectivity index (χ3n) is 4.34. The predicted molar refractivity (Wildman–Crippen MR) is 96.0 cm³/mol. The molecule has 0 aromatic heterocycles. The number of hydrogen-bond donors (Lipinski definition) is 2. The van der Waals surface area contributed by atoms with Crippen LogP contribution in [0.3, 0.4) is 0 Å². The summed E-state index contributed by atoms with van der Waals surface area (Å²) in [6.07, 6.45) is 2.52. The van der Waals surface area contributed by atoms with Crippen LogP contribution in [0.4, 0.5) is 0 Å². The zero-order valence-electron chi connectivity index (χ0n) is 14.6. The molecule has 0 atom stereocenters. The molecule has 1 aliphatic rings. The highest BCUT2D eigenvalue weighted by Gasteiger charge is 2.16. The maximum absolute atomic E-state index is 5.39. The van der Waals surface area contributed by atoms with Crippen molar-refractivity contribution >= 4 is 5.96 Å². The molecule has 5 nitrogen and oxygen atoms in total.